The summed E-state index contributed by atoms with van der Waals surface area (Å²) in [6, 6.07) is 0. The summed E-state index contributed by atoms with van der Waals surface area (Å²) in [6.45, 7) is 9.55. The average molecular weight is 517 g/mol. The molecule has 0 spiro atoms. The quantitative estimate of drug-likeness (QED) is 0.115. The lowest BCUT2D eigenvalue weighted by atomic mass is 9.85. The Labute approximate surface area is 191 Å². The Morgan fingerprint density at radius 3 is 2.28 bits per heavy atom. The second kappa shape index (κ2) is 11.3. The van der Waals surface area contributed by atoms with Crippen molar-refractivity contribution in [1.82, 2.24) is 20.4 Å². The van der Waals surface area contributed by atoms with Crippen molar-refractivity contribution in [3.8, 4) is 0 Å². The largest absolute Gasteiger partial charge is 0.356 e. The minimum atomic E-state index is -0.0884. The van der Waals surface area contributed by atoms with Gasteiger partial charge in [-0.25, -0.2) is 0 Å². The summed E-state index contributed by atoms with van der Waals surface area (Å²) in [6.07, 6.45) is 7.15. The highest BCUT2D eigenvalue weighted by atomic mass is 127. The highest BCUT2D eigenvalue weighted by Crippen LogP contribution is 2.52. The van der Waals surface area contributed by atoms with E-state index >= 15 is 0 Å². The van der Waals surface area contributed by atoms with Crippen molar-refractivity contribution in [2.45, 2.75) is 33.1 Å². The predicted molar refractivity (Wildman–Crippen MR) is 126 cm³/mol. The molecule has 4 unspecified atom stereocenters. The molecule has 8 heteroatoms. The Kier molecular flexibility index (Phi) is 9.39. The van der Waals surface area contributed by atoms with Crippen LogP contribution in [0.15, 0.2) is 17.1 Å². The van der Waals surface area contributed by atoms with E-state index < -0.39 is 0 Å². The lowest BCUT2D eigenvalue weighted by Gasteiger charge is -2.21. The number of halogens is 1. The molecule has 1 heterocycles. The number of nitrogens with one attached hydrogen (secondary N) is 2. The van der Waals surface area contributed by atoms with Gasteiger partial charge in [-0.05, 0) is 44.2 Å². The van der Waals surface area contributed by atoms with E-state index in [2.05, 4.69) is 46.5 Å². The van der Waals surface area contributed by atoms with Gasteiger partial charge in [0.2, 0.25) is 11.8 Å². The van der Waals surface area contributed by atoms with Crippen LogP contribution in [0, 0.1) is 23.7 Å². The zero-order valence-corrected chi connectivity index (χ0v) is 20.2. The number of hydrogen-bond acceptors (Lipinski definition) is 4. The van der Waals surface area contributed by atoms with Crippen molar-refractivity contribution in [3.05, 3.63) is 12.2 Å². The summed E-state index contributed by atoms with van der Waals surface area (Å²) >= 11 is 0. The van der Waals surface area contributed by atoms with Gasteiger partial charge in [-0.3, -0.25) is 19.5 Å². The minimum Gasteiger partial charge on any atom is -0.356 e. The topological polar surface area (TPSA) is 77.0 Å². The first-order valence-corrected chi connectivity index (χ1v) is 10.8. The molecule has 2 amide bonds. The number of allylic oxidation sites excluding steroid dienone is 2. The van der Waals surface area contributed by atoms with Crippen LogP contribution in [0.4, 0.5) is 0 Å². The Morgan fingerprint density at radius 1 is 1.10 bits per heavy atom. The van der Waals surface area contributed by atoms with Crippen molar-refractivity contribution in [1.29, 1.82) is 0 Å². The van der Waals surface area contributed by atoms with Crippen LogP contribution in [-0.2, 0) is 9.59 Å². The maximum Gasteiger partial charge on any atom is 0.233 e. The molecule has 164 valence electrons. The normalized spacial score (nSPS) is 27.6. The van der Waals surface area contributed by atoms with E-state index in [1.54, 1.807) is 7.05 Å². The summed E-state index contributed by atoms with van der Waals surface area (Å²) in [7, 11) is 1.76. The number of nitrogens with zero attached hydrogens (tertiary/aromatic N) is 3. The molecule has 2 aliphatic carbocycles. The lowest BCUT2D eigenvalue weighted by Crippen LogP contribution is -2.43. The molecular weight excluding hydrogens is 481 g/mol. The standard InChI is InChI=1S/C21H35N5O2.HI/c1-4-11-25(5-2)13-10-24-21(22-3)23-9-6-12-26-19(27)17-15-7-8-16(14-15)18(17)20(26)28;/h7-8,15-18H,4-6,9-14H2,1-3H3,(H2,22,23,24);1H. The van der Waals surface area contributed by atoms with Crippen LogP contribution in [0.5, 0.6) is 0 Å². The van der Waals surface area contributed by atoms with Crippen LogP contribution >= 0.6 is 24.0 Å². The summed E-state index contributed by atoms with van der Waals surface area (Å²) < 4.78 is 0. The molecule has 3 rings (SSSR count). The molecule has 0 aromatic rings. The molecule has 0 aromatic heterocycles. The molecular formula is C21H36IN5O2. The van der Waals surface area contributed by atoms with Crippen molar-refractivity contribution in [3.63, 3.8) is 0 Å². The first kappa shape index (κ1) is 24.1. The number of fused-ring (bicyclic) bond motifs is 5. The monoisotopic (exact) mass is 517 g/mol. The molecule has 0 radical (unpaired) electrons. The smallest absolute Gasteiger partial charge is 0.233 e. The number of aliphatic imine (C=N–C) groups is 1. The van der Waals surface area contributed by atoms with E-state index in [4.69, 9.17) is 0 Å². The van der Waals surface area contributed by atoms with Gasteiger partial charge < -0.3 is 15.5 Å². The Balaban J connectivity index is 0.00000300. The maximum absolute atomic E-state index is 12.7. The van der Waals surface area contributed by atoms with E-state index in [9.17, 15) is 9.59 Å². The number of likely N-dealkylation sites (tertiary alicyclic amines) is 1. The highest BCUT2D eigenvalue weighted by molar-refractivity contribution is 14.0. The molecule has 29 heavy (non-hydrogen) atoms. The molecule has 0 aromatic carbocycles. The summed E-state index contributed by atoms with van der Waals surface area (Å²) in [5.74, 6) is 1.26. The van der Waals surface area contributed by atoms with Crippen molar-refractivity contribution < 1.29 is 9.59 Å². The van der Waals surface area contributed by atoms with Crippen molar-refractivity contribution in [2.75, 3.05) is 46.3 Å². The van der Waals surface area contributed by atoms with Gasteiger partial charge in [0.05, 0.1) is 11.8 Å². The van der Waals surface area contributed by atoms with Gasteiger partial charge in [0.15, 0.2) is 5.96 Å². The van der Waals surface area contributed by atoms with Gasteiger partial charge >= 0.3 is 0 Å². The van der Waals surface area contributed by atoms with Gasteiger partial charge in [-0.15, -0.1) is 24.0 Å². The van der Waals surface area contributed by atoms with Gasteiger partial charge in [0, 0.05) is 33.2 Å². The maximum atomic E-state index is 12.7. The molecule has 1 aliphatic heterocycles. The first-order chi connectivity index (χ1) is 13.6. The number of hydrogen-bond donors (Lipinski definition) is 2. The van der Waals surface area contributed by atoms with Gasteiger partial charge in [-0.2, -0.15) is 0 Å². The van der Waals surface area contributed by atoms with Crippen LogP contribution in [0.1, 0.15) is 33.1 Å². The van der Waals surface area contributed by atoms with E-state index in [0.717, 1.165) is 51.4 Å². The second-order valence-corrected chi connectivity index (χ2v) is 8.04. The number of amides is 2. The molecule has 1 saturated carbocycles. The van der Waals surface area contributed by atoms with Crippen LogP contribution in [0.3, 0.4) is 0 Å². The van der Waals surface area contributed by atoms with Crippen molar-refractivity contribution in [2.24, 2.45) is 28.7 Å². The first-order valence-electron chi connectivity index (χ1n) is 10.8. The van der Waals surface area contributed by atoms with Crippen LogP contribution in [0.25, 0.3) is 0 Å². The molecule has 2 bridgehead atoms. The number of imide groups is 1. The SMILES string of the molecule is CCCN(CC)CCNC(=NC)NCCCN1C(=O)C2C3C=CC(C3)C2C1=O.I. The summed E-state index contributed by atoms with van der Waals surface area (Å²) in [4.78, 5) is 33.5. The fraction of sp³-hybridized carbons (Fsp3) is 0.762. The van der Waals surface area contributed by atoms with Crippen LogP contribution in [0.2, 0.25) is 0 Å². The molecule has 2 N–H and O–H groups in total. The Bertz CT molecular complexity index is 609. The molecule has 4 atom stereocenters. The minimum absolute atomic E-state index is 0. The number of carbonyl (C=O) groups excluding carboxylic acids is 2. The van der Waals surface area contributed by atoms with E-state index in [-0.39, 0.29) is 59.5 Å². The summed E-state index contributed by atoms with van der Waals surface area (Å²) in [5, 5.41) is 6.62. The lowest BCUT2D eigenvalue weighted by molar-refractivity contribution is -0.140. The van der Waals surface area contributed by atoms with Crippen molar-refractivity contribution >= 4 is 41.8 Å². The third-order valence-corrected chi connectivity index (χ3v) is 6.34. The zero-order valence-electron chi connectivity index (χ0n) is 17.9. The zero-order chi connectivity index (χ0) is 20.1. The summed E-state index contributed by atoms with van der Waals surface area (Å²) in [5.41, 5.74) is 0. The predicted octanol–water partition coefficient (Wildman–Crippen LogP) is 1.70. The van der Waals surface area contributed by atoms with Gasteiger partial charge in [0.25, 0.3) is 0 Å². The third kappa shape index (κ3) is 5.31. The van der Waals surface area contributed by atoms with Gasteiger partial charge in [-0.1, -0.05) is 26.0 Å². The number of guanidine groups is 1. The van der Waals surface area contributed by atoms with E-state index in [1.807, 2.05) is 0 Å². The van der Waals surface area contributed by atoms with E-state index in [0.29, 0.717) is 13.1 Å². The second-order valence-electron chi connectivity index (χ2n) is 8.04. The number of carbonyl (C=O) groups is 2. The molecule has 3 aliphatic rings. The Morgan fingerprint density at radius 2 is 1.72 bits per heavy atom. The Hall–Kier alpha value is -1.16. The highest BCUT2D eigenvalue weighted by Gasteiger charge is 2.58. The number of rotatable bonds is 10. The molecule has 7 nitrogen and oxygen atoms in total. The average Bonchev–Trinajstić information content (AvgIpc) is 3.38. The van der Waals surface area contributed by atoms with E-state index in [1.165, 1.54) is 4.90 Å². The number of likely N-dealkylation sites (N-methyl/N-ethyl adjacent to an activating group) is 1. The van der Waals surface area contributed by atoms with Gasteiger partial charge in [0.1, 0.15) is 0 Å². The third-order valence-electron chi connectivity index (χ3n) is 6.34. The van der Waals surface area contributed by atoms with Crippen LogP contribution in [-0.4, -0.2) is 73.9 Å². The molecule has 1 saturated heterocycles. The van der Waals surface area contributed by atoms with Crippen LogP contribution < -0.4 is 10.6 Å². The fourth-order valence-corrected chi connectivity index (χ4v) is 4.93. The molecule has 2 fully saturated rings. The fourth-order valence-electron chi connectivity index (χ4n) is 4.93.